The van der Waals surface area contributed by atoms with Gasteiger partial charge in [-0.25, -0.2) is 0 Å². The number of rotatable bonds is 3. The van der Waals surface area contributed by atoms with E-state index in [1.807, 2.05) is 24.3 Å². The van der Waals surface area contributed by atoms with E-state index in [2.05, 4.69) is 20.4 Å². The Balaban J connectivity index is 1.65. The zero-order valence-electron chi connectivity index (χ0n) is 11.1. The predicted octanol–water partition coefficient (Wildman–Crippen LogP) is 0.649. The summed E-state index contributed by atoms with van der Waals surface area (Å²) in [6.45, 7) is 3.61. The molecule has 20 heavy (non-hydrogen) atoms. The maximum Gasteiger partial charge on any atom is 0.272 e. The highest BCUT2D eigenvalue weighted by atomic mass is 16.5. The van der Waals surface area contributed by atoms with Crippen LogP contribution in [-0.2, 0) is 4.74 Å². The van der Waals surface area contributed by atoms with Crippen LogP contribution in [0.1, 0.15) is 10.5 Å². The van der Waals surface area contributed by atoms with Crippen molar-refractivity contribution in [2.75, 3.05) is 33.0 Å². The van der Waals surface area contributed by atoms with Gasteiger partial charge in [0.1, 0.15) is 0 Å². The van der Waals surface area contributed by atoms with Gasteiger partial charge in [0, 0.05) is 18.5 Å². The number of nitrogens with zero attached hydrogens (tertiary/aromatic N) is 3. The highest BCUT2D eigenvalue weighted by molar-refractivity contribution is 5.95. The van der Waals surface area contributed by atoms with Crippen molar-refractivity contribution in [3.8, 4) is 0 Å². The minimum Gasteiger partial charge on any atom is -0.379 e. The molecule has 1 aliphatic heterocycles. The van der Waals surface area contributed by atoms with Gasteiger partial charge in [-0.1, -0.05) is 18.2 Å². The first-order valence-electron chi connectivity index (χ1n) is 6.64. The van der Waals surface area contributed by atoms with E-state index in [9.17, 15) is 4.79 Å². The van der Waals surface area contributed by atoms with Crippen molar-refractivity contribution in [3.63, 3.8) is 0 Å². The molecule has 1 aliphatic rings. The van der Waals surface area contributed by atoms with E-state index in [1.54, 1.807) is 6.07 Å². The lowest BCUT2D eigenvalue weighted by atomic mass is 10.2. The SMILES string of the molecule is O=C(NCN1CCOCC1)c1cc2ccccc2nn1. The minimum atomic E-state index is -0.199. The maximum absolute atomic E-state index is 12.1. The number of amides is 1. The van der Waals surface area contributed by atoms with Gasteiger partial charge < -0.3 is 10.1 Å². The Kier molecular flexibility index (Phi) is 3.85. The van der Waals surface area contributed by atoms with Crippen LogP contribution < -0.4 is 5.32 Å². The summed E-state index contributed by atoms with van der Waals surface area (Å²) in [4.78, 5) is 14.2. The highest BCUT2D eigenvalue weighted by Gasteiger charge is 2.13. The predicted molar refractivity (Wildman–Crippen MR) is 74.3 cm³/mol. The molecule has 1 N–H and O–H groups in total. The van der Waals surface area contributed by atoms with Crippen LogP contribution in [0.4, 0.5) is 0 Å². The quantitative estimate of drug-likeness (QED) is 0.888. The fraction of sp³-hybridized carbons (Fsp3) is 0.357. The van der Waals surface area contributed by atoms with Gasteiger partial charge in [0.2, 0.25) is 0 Å². The molecule has 6 nitrogen and oxygen atoms in total. The average molecular weight is 272 g/mol. The van der Waals surface area contributed by atoms with E-state index < -0.39 is 0 Å². The standard InChI is InChI=1S/C14H16N4O2/c19-14(15-10-18-5-7-20-8-6-18)13-9-11-3-1-2-4-12(11)16-17-13/h1-4,9H,5-8,10H2,(H,15,19). The second kappa shape index (κ2) is 5.94. The monoisotopic (exact) mass is 272 g/mol. The lowest BCUT2D eigenvalue weighted by Crippen LogP contribution is -2.43. The molecule has 2 aromatic rings. The van der Waals surface area contributed by atoms with Gasteiger partial charge in [-0.2, -0.15) is 0 Å². The van der Waals surface area contributed by atoms with Crippen molar-refractivity contribution in [2.45, 2.75) is 0 Å². The molecule has 1 aromatic carbocycles. The molecule has 3 rings (SSSR count). The summed E-state index contributed by atoms with van der Waals surface area (Å²) in [5.41, 5.74) is 1.13. The normalized spacial score (nSPS) is 16.2. The molecule has 1 fully saturated rings. The second-order valence-corrected chi connectivity index (χ2v) is 4.68. The lowest BCUT2D eigenvalue weighted by Gasteiger charge is -2.26. The molecule has 2 heterocycles. The summed E-state index contributed by atoms with van der Waals surface area (Å²) in [6, 6.07) is 9.37. The Bertz CT molecular complexity index is 611. The lowest BCUT2D eigenvalue weighted by molar-refractivity contribution is 0.0334. The van der Waals surface area contributed by atoms with Crippen LogP contribution in [0.15, 0.2) is 30.3 Å². The Morgan fingerprint density at radius 3 is 2.90 bits per heavy atom. The summed E-state index contributed by atoms with van der Waals surface area (Å²) in [5.74, 6) is -0.199. The maximum atomic E-state index is 12.1. The molecular formula is C14H16N4O2. The van der Waals surface area contributed by atoms with Gasteiger partial charge in [-0.3, -0.25) is 9.69 Å². The van der Waals surface area contributed by atoms with Crippen molar-refractivity contribution in [1.82, 2.24) is 20.4 Å². The molecule has 1 amide bonds. The summed E-state index contributed by atoms with van der Waals surface area (Å²) >= 11 is 0. The summed E-state index contributed by atoms with van der Waals surface area (Å²) < 4.78 is 5.26. The smallest absolute Gasteiger partial charge is 0.272 e. The van der Waals surface area contributed by atoms with Gasteiger partial charge in [0.05, 0.1) is 25.4 Å². The molecule has 0 spiro atoms. The second-order valence-electron chi connectivity index (χ2n) is 4.68. The number of fused-ring (bicyclic) bond motifs is 1. The summed E-state index contributed by atoms with van der Waals surface area (Å²) in [5, 5.41) is 11.8. The molecule has 0 unspecified atom stereocenters. The number of hydrogen-bond donors (Lipinski definition) is 1. The molecular weight excluding hydrogens is 256 g/mol. The van der Waals surface area contributed by atoms with Crippen molar-refractivity contribution in [2.24, 2.45) is 0 Å². The van der Waals surface area contributed by atoms with Gasteiger partial charge in [-0.05, 0) is 12.1 Å². The fourth-order valence-electron chi connectivity index (χ4n) is 2.13. The largest absolute Gasteiger partial charge is 0.379 e. The molecule has 0 bridgehead atoms. The van der Waals surface area contributed by atoms with Crippen molar-refractivity contribution in [3.05, 3.63) is 36.0 Å². The number of carbonyl (C=O) groups is 1. The summed E-state index contributed by atoms with van der Waals surface area (Å²) in [7, 11) is 0. The average Bonchev–Trinajstić information content (AvgIpc) is 2.53. The van der Waals surface area contributed by atoms with E-state index in [0.29, 0.717) is 25.6 Å². The number of hydrogen-bond acceptors (Lipinski definition) is 5. The molecule has 1 aromatic heterocycles. The molecule has 1 saturated heterocycles. The van der Waals surface area contributed by atoms with E-state index in [-0.39, 0.29) is 5.91 Å². The van der Waals surface area contributed by atoms with Crippen molar-refractivity contribution in [1.29, 1.82) is 0 Å². The van der Waals surface area contributed by atoms with Crippen molar-refractivity contribution < 1.29 is 9.53 Å². The van der Waals surface area contributed by atoms with Crippen LogP contribution in [0, 0.1) is 0 Å². The Morgan fingerprint density at radius 1 is 1.25 bits per heavy atom. The third kappa shape index (κ3) is 2.92. The number of nitrogens with one attached hydrogen (secondary N) is 1. The molecule has 0 saturated carbocycles. The van der Waals surface area contributed by atoms with Crippen LogP contribution in [0.3, 0.4) is 0 Å². The van der Waals surface area contributed by atoms with E-state index in [1.165, 1.54) is 0 Å². The van der Waals surface area contributed by atoms with E-state index in [0.717, 1.165) is 24.0 Å². The third-order valence-electron chi connectivity index (χ3n) is 3.29. The van der Waals surface area contributed by atoms with Crippen molar-refractivity contribution >= 4 is 16.8 Å². The van der Waals surface area contributed by atoms with Crippen LogP contribution in [0.2, 0.25) is 0 Å². The number of morpholine rings is 1. The first-order valence-corrected chi connectivity index (χ1v) is 6.64. The Morgan fingerprint density at radius 2 is 2.05 bits per heavy atom. The first-order chi connectivity index (χ1) is 9.83. The molecule has 0 atom stereocenters. The van der Waals surface area contributed by atoms with Crippen LogP contribution >= 0.6 is 0 Å². The highest BCUT2D eigenvalue weighted by Crippen LogP contribution is 2.10. The molecule has 6 heteroatoms. The fourth-order valence-corrected chi connectivity index (χ4v) is 2.13. The third-order valence-corrected chi connectivity index (χ3v) is 3.29. The van der Waals surface area contributed by atoms with Gasteiger partial charge in [0.15, 0.2) is 5.69 Å². The molecule has 0 radical (unpaired) electrons. The first kappa shape index (κ1) is 13.0. The van der Waals surface area contributed by atoms with Crippen LogP contribution in [-0.4, -0.2) is 54.0 Å². The van der Waals surface area contributed by atoms with Crippen LogP contribution in [0.25, 0.3) is 10.9 Å². The number of benzene rings is 1. The van der Waals surface area contributed by atoms with Gasteiger partial charge in [0.25, 0.3) is 5.91 Å². The topological polar surface area (TPSA) is 67.4 Å². The molecule has 0 aliphatic carbocycles. The number of ether oxygens (including phenoxy) is 1. The Labute approximate surface area is 116 Å². The van der Waals surface area contributed by atoms with E-state index >= 15 is 0 Å². The zero-order valence-corrected chi connectivity index (χ0v) is 11.1. The van der Waals surface area contributed by atoms with Gasteiger partial charge >= 0.3 is 0 Å². The zero-order chi connectivity index (χ0) is 13.8. The van der Waals surface area contributed by atoms with Gasteiger partial charge in [-0.15, -0.1) is 10.2 Å². The van der Waals surface area contributed by atoms with E-state index in [4.69, 9.17) is 4.74 Å². The molecule has 104 valence electrons. The number of aromatic nitrogens is 2. The summed E-state index contributed by atoms with van der Waals surface area (Å²) in [6.07, 6.45) is 0. The van der Waals surface area contributed by atoms with Crippen LogP contribution in [0.5, 0.6) is 0 Å². The minimum absolute atomic E-state index is 0.199. The Hall–Kier alpha value is -2.05. The number of carbonyl (C=O) groups excluding carboxylic acids is 1.